The Morgan fingerprint density at radius 2 is 2.23 bits per heavy atom. The van der Waals surface area contributed by atoms with Crippen molar-refractivity contribution >= 4 is 11.7 Å². The molecule has 1 saturated heterocycles. The van der Waals surface area contributed by atoms with Crippen molar-refractivity contribution in [2.75, 3.05) is 44.8 Å². The molecule has 0 saturated carbocycles. The summed E-state index contributed by atoms with van der Waals surface area (Å²) in [6.45, 7) is 3.37. The number of carbonyl (C=O) groups excluding carboxylic acids is 1. The quantitative estimate of drug-likeness (QED) is 0.730. The lowest BCUT2D eigenvalue weighted by atomic mass is 10.2. The van der Waals surface area contributed by atoms with Crippen LogP contribution in [0.2, 0.25) is 0 Å². The molecule has 0 aliphatic carbocycles. The van der Waals surface area contributed by atoms with Gasteiger partial charge < -0.3 is 20.5 Å². The summed E-state index contributed by atoms with van der Waals surface area (Å²) < 4.78 is 5.27. The van der Waals surface area contributed by atoms with E-state index in [0.717, 1.165) is 13.1 Å². The van der Waals surface area contributed by atoms with E-state index in [0.29, 0.717) is 31.0 Å². The number of carbonyl (C=O) groups is 1. The first-order valence-corrected chi connectivity index (χ1v) is 7.20. The van der Waals surface area contributed by atoms with Crippen LogP contribution in [-0.4, -0.2) is 61.5 Å². The van der Waals surface area contributed by atoms with E-state index in [-0.39, 0.29) is 12.6 Å². The molecule has 1 fully saturated rings. The van der Waals surface area contributed by atoms with Crippen molar-refractivity contribution < 1.29 is 14.6 Å². The van der Waals surface area contributed by atoms with E-state index >= 15 is 0 Å². The number of amides is 2. The number of anilines is 1. The Hall–Kier alpha value is -2.14. The Morgan fingerprint density at radius 1 is 1.45 bits per heavy atom. The summed E-state index contributed by atoms with van der Waals surface area (Å²) in [6.07, 6.45) is 0. The molecule has 0 spiro atoms. The van der Waals surface area contributed by atoms with Gasteiger partial charge in [0.1, 0.15) is 0 Å². The molecule has 118 valence electrons. The molecule has 1 aliphatic heterocycles. The first-order valence-electron chi connectivity index (χ1n) is 7.20. The number of nitrogens with zero attached hydrogens (tertiary/aromatic N) is 2. The Balaban J connectivity index is 1.84. The van der Waals surface area contributed by atoms with Gasteiger partial charge >= 0.3 is 6.03 Å². The zero-order chi connectivity index (χ0) is 15.8. The number of hydrogen-bond donors (Lipinski definition) is 3. The second-order valence-corrected chi connectivity index (χ2v) is 5.08. The molecule has 0 unspecified atom stereocenters. The minimum atomic E-state index is -0.401. The van der Waals surface area contributed by atoms with Crippen LogP contribution >= 0.6 is 0 Å². The number of urea groups is 1. The molecule has 0 bridgehead atoms. The SMILES string of the molecule is N#Cc1cccc(NC(=O)N[C@H](CO)CN2CCOCC2)c1. The third-order valence-electron chi connectivity index (χ3n) is 3.39. The highest BCUT2D eigenvalue weighted by Gasteiger charge is 2.18. The van der Waals surface area contributed by atoms with E-state index in [1.54, 1.807) is 24.3 Å². The van der Waals surface area contributed by atoms with Crippen molar-refractivity contribution in [3.63, 3.8) is 0 Å². The lowest BCUT2D eigenvalue weighted by molar-refractivity contribution is 0.0308. The Labute approximate surface area is 129 Å². The van der Waals surface area contributed by atoms with Crippen LogP contribution in [0.3, 0.4) is 0 Å². The molecule has 2 amide bonds. The van der Waals surface area contributed by atoms with Crippen LogP contribution < -0.4 is 10.6 Å². The van der Waals surface area contributed by atoms with Crippen LogP contribution in [0.15, 0.2) is 24.3 Å². The Kier molecular flexibility index (Phi) is 6.15. The van der Waals surface area contributed by atoms with E-state index in [9.17, 15) is 9.90 Å². The first-order chi connectivity index (χ1) is 10.7. The lowest BCUT2D eigenvalue weighted by Crippen LogP contribution is -2.49. The second kappa shape index (κ2) is 8.34. The van der Waals surface area contributed by atoms with Gasteiger partial charge in [0.25, 0.3) is 0 Å². The van der Waals surface area contributed by atoms with Crippen LogP contribution in [0.25, 0.3) is 0 Å². The Bertz CT molecular complexity index is 538. The van der Waals surface area contributed by atoms with Crippen molar-refractivity contribution in [3.8, 4) is 6.07 Å². The maximum Gasteiger partial charge on any atom is 0.319 e. The van der Waals surface area contributed by atoms with Crippen LogP contribution in [0.4, 0.5) is 10.5 Å². The molecule has 1 aromatic carbocycles. The van der Waals surface area contributed by atoms with Crippen molar-refractivity contribution in [2.45, 2.75) is 6.04 Å². The van der Waals surface area contributed by atoms with Crippen LogP contribution in [0.1, 0.15) is 5.56 Å². The van der Waals surface area contributed by atoms with Crippen LogP contribution in [-0.2, 0) is 4.74 Å². The predicted octanol–water partition coefficient (Wildman–Crippen LogP) is 0.373. The molecule has 0 aromatic heterocycles. The average Bonchev–Trinajstić information content (AvgIpc) is 2.55. The summed E-state index contributed by atoms with van der Waals surface area (Å²) in [7, 11) is 0. The molecule has 1 heterocycles. The van der Waals surface area contributed by atoms with Gasteiger partial charge in [-0.3, -0.25) is 4.90 Å². The zero-order valence-corrected chi connectivity index (χ0v) is 12.3. The average molecular weight is 304 g/mol. The molecule has 7 nitrogen and oxygen atoms in total. The van der Waals surface area contributed by atoms with E-state index in [2.05, 4.69) is 15.5 Å². The fraction of sp³-hybridized carbons (Fsp3) is 0.467. The molecular formula is C15H20N4O3. The maximum atomic E-state index is 12.0. The normalized spacial score (nSPS) is 16.5. The molecule has 1 atom stereocenters. The number of hydrogen-bond acceptors (Lipinski definition) is 5. The molecule has 2 rings (SSSR count). The van der Waals surface area contributed by atoms with Gasteiger partial charge in [0, 0.05) is 25.3 Å². The molecule has 1 aliphatic rings. The summed E-state index contributed by atoms with van der Waals surface area (Å²) >= 11 is 0. The predicted molar refractivity (Wildman–Crippen MR) is 81.4 cm³/mol. The second-order valence-electron chi connectivity index (χ2n) is 5.08. The summed E-state index contributed by atoms with van der Waals surface area (Å²) in [4.78, 5) is 14.1. The molecular weight excluding hydrogens is 284 g/mol. The van der Waals surface area contributed by atoms with Gasteiger partial charge in [-0.1, -0.05) is 6.07 Å². The van der Waals surface area contributed by atoms with Gasteiger partial charge in [-0.25, -0.2) is 4.79 Å². The van der Waals surface area contributed by atoms with E-state index in [1.165, 1.54) is 0 Å². The Morgan fingerprint density at radius 3 is 2.91 bits per heavy atom. The van der Waals surface area contributed by atoms with Gasteiger partial charge in [-0.15, -0.1) is 0 Å². The zero-order valence-electron chi connectivity index (χ0n) is 12.3. The number of benzene rings is 1. The highest BCUT2D eigenvalue weighted by Crippen LogP contribution is 2.09. The summed E-state index contributed by atoms with van der Waals surface area (Å²) in [5, 5.41) is 23.6. The topological polar surface area (TPSA) is 97.6 Å². The van der Waals surface area contributed by atoms with Crippen molar-refractivity contribution in [3.05, 3.63) is 29.8 Å². The fourth-order valence-corrected chi connectivity index (χ4v) is 2.26. The van der Waals surface area contributed by atoms with Crippen molar-refractivity contribution in [1.82, 2.24) is 10.2 Å². The summed E-state index contributed by atoms with van der Waals surface area (Å²) in [5.41, 5.74) is 1.02. The maximum absolute atomic E-state index is 12.0. The number of morpholine rings is 1. The number of nitriles is 1. The highest BCUT2D eigenvalue weighted by molar-refractivity contribution is 5.89. The van der Waals surface area contributed by atoms with E-state index in [1.807, 2.05) is 6.07 Å². The molecule has 1 aromatic rings. The number of aliphatic hydroxyl groups excluding tert-OH is 1. The minimum absolute atomic E-state index is 0.136. The van der Waals surface area contributed by atoms with Crippen LogP contribution in [0.5, 0.6) is 0 Å². The van der Waals surface area contributed by atoms with Gasteiger partial charge in [-0.05, 0) is 18.2 Å². The third kappa shape index (κ3) is 5.00. The summed E-state index contributed by atoms with van der Waals surface area (Å²) in [5.74, 6) is 0. The lowest BCUT2D eigenvalue weighted by Gasteiger charge is -2.30. The molecule has 7 heteroatoms. The van der Waals surface area contributed by atoms with Crippen LogP contribution in [0, 0.1) is 11.3 Å². The van der Waals surface area contributed by atoms with Gasteiger partial charge in [0.15, 0.2) is 0 Å². The van der Waals surface area contributed by atoms with Gasteiger partial charge in [0.2, 0.25) is 0 Å². The fourth-order valence-electron chi connectivity index (χ4n) is 2.26. The number of ether oxygens (including phenoxy) is 1. The first kappa shape index (κ1) is 16.2. The largest absolute Gasteiger partial charge is 0.394 e. The number of rotatable bonds is 5. The number of aliphatic hydroxyl groups is 1. The third-order valence-corrected chi connectivity index (χ3v) is 3.39. The van der Waals surface area contributed by atoms with Crippen molar-refractivity contribution in [2.24, 2.45) is 0 Å². The molecule has 3 N–H and O–H groups in total. The van der Waals surface area contributed by atoms with E-state index < -0.39 is 6.03 Å². The van der Waals surface area contributed by atoms with Crippen molar-refractivity contribution in [1.29, 1.82) is 5.26 Å². The van der Waals surface area contributed by atoms with Gasteiger partial charge in [0.05, 0.1) is 37.5 Å². The number of nitrogens with one attached hydrogen (secondary N) is 2. The molecule has 0 radical (unpaired) electrons. The monoisotopic (exact) mass is 304 g/mol. The minimum Gasteiger partial charge on any atom is -0.394 e. The van der Waals surface area contributed by atoms with Gasteiger partial charge in [-0.2, -0.15) is 5.26 Å². The smallest absolute Gasteiger partial charge is 0.319 e. The van der Waals surface area contributed by atoms with E-state index in [4.69, 9.17) is 10.00 Å². The summed E-state index contributed by atoms with van der Waals surface area (Å²) in [6, 6.07) is 7.93. The highest BCUT2D eigenvalue weighted by atomic mass is 16.5. The molecule has 22 heavy (non-hydrogen) atoms. The standard InChI is InChI=1S/C15H20N4O3/c16-9-12-2-1-3-13(8-12)17-15(21)18-14(11-20)10-19-4-6-22-7-5-19/h1-3,8,14,20H,4-7,10-11H2,(H2,17,18,21)/t14-/m0/s1.